The Labute approximate surface area is 212 Å². The Hall–Kier alpha value is -3.87. The zero-order chi connectivity index (χ0) is 25.2. The maximum absolute atomic E-state index is 13.2. The molecule has 1 saturated heterocycles. The second-order valence-corrected chi connectivity index (χ2v) is 9.74. The third-order valence-corrected chi connectivity index (χ3v) is 7.44. The van der Waals surface area contributed by atoms with E-state index in [9.17, 15) is 9.59 Å². The topological polar surface area (TPSA) is 85.7 Å². The van der Waals surface area contributed by atoms with Crippen LogP contribution in [0.5, 0.6) is 11.5 Å². The van der Waals surface area contributed by atoms with Crippen LogP contribution in [-0.4, -0.2) is 59.2 Å². The van der Waals surface area contributed by atoms with Crippen molar-refractivity contribution in [2.45, 2.75) is 25.8 Å². The van der Waals surface area contributed by atoms with Gasteiger partial charge in [-0.1, -0.05) is 5.92 Å². The molecule has 1 aliphatic heterocycles. The number of nitrogens with one attached hydrogen (secondary N) is 1. The molecule has 0 bridgehead atoms. The molecule has 36 heavy (non-hydrogen) atoms. The van der Waals surface area contributed by atoms with Crippen molar-refractivity contribution >= 4 is 44.4 Å². The van der Waals surface area contributed by atoms with Gasteiger partial charge in [0.2, 0.25) is 0 Å². The zero-order valence-electron chi connectivity index (χ0n) is 20.1. The Morgan fingerprint density at radius 3 is 2.94 bits per heavy atom. The lowest BCUT2D eigenvalue weighted by Gasteiger charge is -2.23. The van der Waals surface area contributed by atoms with Gasteiger partial charge in [-0.3, -0.25) is 14.3 Å². The second kappa shape index (κ2) is 10.0. The number of fused-ring (bicyclic) bond motifs is 2. The van der Waals surface area contributed by atoms with Crippen LogP contribution in [0.3, 0.4) is 0 Å². The normalized spacial score (nSPS) is 15.4. The fourth-order valence-electron chi connectivity index (χ4n) is 4.71. The number of ether oxygens (including phenoxy) is 2. The molecule has 184 valence electrons. The minimum absolute atomic E-state index is 0.00449. The Morgan fingerprint density at radius 1 is 1.28 bits per heavy atom. The Bertz CT molecular complexity index is 1500. The van der Waals surface area contributed by atoms with Gasteiger partial charge in [0.25, 0.3) is 5.91 Å². The molecular weight excluding hydrogens is 476 g/mol. The minimum Gasteiger partial charge on any atom is -0.456 e. The minimum atomic E-state index is -0.272. The van der Waals surface area contributed by atoms with Crippen LogP contribution in [0.2, 0.25) is 0 Å². The summed E-state index contributed by atoms with van der Waals surface area (Å²) in [5.41, 5.74) is 2.27. The largest absolute Gasteiger partial charge is 0.456 e. The van der Waals surface area contributed by atoms with Crippen molar-refractivity contribution in [1.82, 2.24) is 19.8 Å². The summed E-state index contributed by atoms with van der Waals surface area (Å²) >= 11 is 1.39. The maximum Gasteiger partial charge on any atom is 0.327 e. The summed E-state index contributed by atoms with van der Waals surface area (Å²) in [4.78, 5) is 32.7. The van der Waals surface area contributed by atoms with Crippen molar-refractivity contribution in [3.05, 3.63) is 53.2 Å². The molecule has 1 aromatic carbocycles. The third-order valence-electron chi connectivity index (χ3n) is 6.31. The molecule has 0 radical (unpaired) electrons. The van der Waals surface area contributed by atoms with Gasteiger partial charge in [0.1, 0.15) is 11.5 Å². The number of likely N-dealkylation sites (tertiary alicyclic amines) is 1. The summed E-state index contributed by atoms with van der Waals surface area (Å²) in [6.45, 7) is 3.30. The van der Waals surface area contributed by atoms with Gasteiger partial charge in [-0.05, 0) is 50.1 Å². The highest BCUT2D eigenvalue weighted by Gasteiger charge is 2.30. The Kier molecular flexibility index (Phi) is 6.63. The van der Waals surface area contributed by atoms with Crippen LogP contribution in [0, 0.1) is 19.3 Å². The average molecular weight is 503 g/mol. The van der Waals surface area contributed by atoms with Gasteiger partial charge in [-0.15, -0.1) is 17.8 Å². The molecule has 1 N–H and O–H groups in total. The average Bonchev–Trinajstić information content (AvgIpc) is 3.59. The molecule has 0 spiro atoms. The lowest BCUT2D eigenvalue weighted by Crippen LogP contribution is -2.37. The number of aryl methyl sites for hydroxylation is 1. The van der Waals surface area contributed by atoms with E-state index >= 15 is 0 Å². The highest BCUT2D eigenvalue weighted by Crippen LogP contribution is 2.37. The number of hydrogen-bond donors (Lipinski definition) is 1. The first-order valence-corrected chi connectivity index (χ1v) is 12.5. The van der Waals surface area contributed by atoms with Crippen molar-refractivity contribution in [2.75, 3.05) is 26.8 Å². The number of benzene rings is 1. The van der Waals surface area contributed by atoms with Crippen molar-refractivity contribution < 1.29 is 19.1 Å². The smallest absolute Gasteiger partial charge is 0.327 e. The highest BCUT2D eigenvalue weighted by atomic mass is 32.1. The first-order chi connectivity index (χ1) is 17.5. The summed E-state index contributed by atoms with van der Waals surface area (Å²) < 4.78 is 13.9. The van der Waals surface area contributed by atoms with E-state index in [1.165, 1.54) is 11.3 Å². The van der Waals surface area contributed by atoms with Crippen molar-refractivity contribution in [1.29, 1.82) is 0 Å². The number of aromatic nitrogens is 2. The first-order valence-electron chi connectivity index (χ1n) is 11.7. The summed E-state index contributed by atoms with van der Waals surface area (Å²) in [5, 5.41) is 3.56. The molecule has 9 heteroatoms. The lowest BCUT2D eigenvalue weighted by atomic mass is 10.2. The van der Waals surface area contributed by atoms with Gasteiger partial charge < -0.3 is 19.7 Å². The SMILES string of the molecule is C#CCNC(=O)n1c(C)cc2cc(Oc3ccnc4cc(C(=O)N5CCC[C@H]5COC)sc34)ccc21. The molecule has 4 heterocycles. The van der Waals surface area contributed by atoms with E-state index in [1.54, 1.807) is 23.9 Å². The van der Waals surface area contributed by atoms with Crippen LogP contribution in [-0.2, 0) is 4.74 Å². The molecule has 0 saturated carbocycles. The van der Waals surface area contributed by atoms with Crippen LogP contribution in [0.15, 0.2) is 42.6 Å². The quantitative estimate of drug-likeness (QED) is 0.383. The van der Waals surface area contributed by atoms with Gasteiger partial charge in [-0.2, -0.15) is 0 Å². The number of carbonyl (C=O) groups excluding carboxylic acids is 2. The van der Waals surface area contributed by atoms with Gasteiger partial charge >= 0.3 is 6.03 Å². The van der Waals surface area contributed by atoms with Crippen LogP contribution in [0.1, 0.15) is 28.2 Å². The molecule has 1 fully saturated rings. The van der Waals surface area contributed by atoms with E-state index in [0.717, 1.165) is 46.2 Å². The molecule has 5 rings (SSSR count). The second-order valence-electron chi connectivity index (χ2n) is 8.69. The summed E-state index contributed by atoms with van der Waals surface area (Å²) in [6, 6.07) is 10.9. The molecular formula is C27H26N4O4S. The standard InChI is InChI=1S/C27H26N4O4S/c1-4-10-29-27(33)31-17(2)13-18-14-20(7-8-22(18)31)35-23-9-11-28-21-15-24(36-25(21)23)26(32)30-12-5-6-19(30)16-34-3/h1,7-9,11,13-15,19H,5-6,10,12,16H2,2-3H3,(H,29,33)/t19-/m0/s1. The first kappa shape index (κ1) is 23.9. The number of hydrogen-bond acceptors (Lipinski definition) is 6. The van der Waals surface area contributed by atoms with E-state index in [4.69, 9.17) is 15.9 Å². The molecule has 2 amide bonds. The molecule has 3 aromatic heterocycles. The number of methoxy groups -OCH3 is 1. The van der Waals surface area contributed by atoms with E-state index in [0.29, 0.717) is 23.0 Å². The van der Waals surface area contributed by atoms with Gasteiger partial charge in [0.05, 0.1) is 39.8 Å². The highest BCUT2D eigenvalue weighted by molar-refractivity contribution is 7.21. The summed E-state index contributed by atoms with van der Waals surface area (Å²) in [5.74, 6) is 3.67. The predicted molar refractivity (Wildman–Crippen MR) is 140 cm³/mol. The number of amides is 2. The maximum atomic E-state index is 13.2. The van der Waals surface area contributed by atoms with E-state index in [-0.39, 0.29) is 24.5 Å². The number of nitrogens with zero attached hydrogens (tertiary/aromatic N) is 3. The molecule has 1 atom stereocenters. The molecule has 8 nitrogen and oxygen atoms in total. The Balaban J connectivity index is 1.42. The van der Waals surface area contributed by atoms with Gasteiger partial charge in [0.15, 0.2) is 0 Å². The van der Waals surface area contributed by atoms with E-state index in [2.05, 4.69) is 16.2 Å². The predicted octanol–water partition coefficient (Wildman–Crippen LogP) is 4.79. The lowest BCUT2D eigenvalue weighted by molar-refractivity contribution is 0.0635. The van der Waals surface area contributed by atoms with Crippen LogP contribution >= 0.6 is 11.3 Å². The molecule has 0 aliphatic carbocycles. The summed E-state index contributed by atoms with van der Waals surface area (Å²) in [6.07, 6.45) is 8.87. The van der Waals surface area contributed by atoms with Crippen LogP contribution in [0.4, 0.5) is 4.79 Å². The molecule has 1 aliphatic rings. The number of thiophene rings is 1. The van der Waals surface area contributed by atoms with E-state index in [1.807, 2.05) is 42.2 Å². The fraction of sp³-hybridized carbons (Fsp3) is 0.296. The van der Waals surface area contributed by atoms with Gasteiger partial charge in [-0.25, -0.2) is 4.79 Å². The van der Waals surface area contributed by atoms with Crippen LogP contribution < -0.4 is 10.1 Å². The molecule has 0 unspecified atom stereocenters. The Morgan fingerprint density at radius 2 is 2.14 bits per heavy atom. The number of rotatable bonds is 6. The monoisotopic (exact) mass is 502 g/mol. The van der Waals surface area contributed by atoms with Crippen LogP contribution in [0.25, 0.3) is 21.1 Å². The van der Waals surface area contributed by atoms with Crippen molar-refractivity contribution in [3.8, 4) is 23.8 Å². The zero-order valence-corrected chi connectivity index (χ0v) is 20.9. The van der Waals surface area contributed by atoms with Crippen molar-refractivity contribution in [3.63, 3.8) is 0 Å². The van der Waals surface area contributed by atoms with Gasteiger partial charge in [0, 0.05) is 37.0 Å². The fourth-order valence-corrected chi connectivity index (χ4v) is 5.73. The third kappa shape index (κ3) is 4.41. The van der Waals surface area contributed by atoms with E-state index < -0.39 is 0 Å². The number of terminal acetylenes is 1. The number of carbonyl (C=O) groups is 2. The van der Waals surface area contributed by atoms with Crippen molar-refractivity contribution in [2.24, 2.45) is 0 Å². The molecule has 4 aromatic rings. The number of pyridine rings is 1. The summed E-state index contributed by atoms with van der Waals surface area (Å²) in [7, 11) is 1.66.